The smallest absolute Gasteiger partial charge is 0.359 e. The number of hydrogen-bond acceptors (Lipinski definition) is 10. The summed E-state index contributed by atoms with van der Waals surface area (Å²) in [5, 5.41) is 30.3. The van der Waals surface area contributed by atoms with Gasteiger partial charge in [0.25, 0.3) is 0 Å². The fourth-order valence-electron chi connectivity index (χ4n) is 4.12. The molecule has 2 heterocycles. The average Bonchev–Trinajstić information content (AvgIpc) is 3.09. The molecule has 1 saturated heterocycles. The SMILES string of the molecule is CCC(O)(CC)P(=O)(O)O[C@](C)(CC)C[C@H]1O[C@@H](n2cc(CO[Si](C)(C)C(C)(C)C)c(N)nc2=O)[C@H](O)[C@@H]1O. The minimum Gasteiger partial charge on any atom is -0.412 e. The van der Waals surface area contributed by atoms with E-state index in [1.807, 2.05) is 0 Å². The zero-order valence-corrected chi connectivity index (χ0v) is 26.6. The maximum Gasteiger partial charge on any atom is 0.359 e. The third-order valence-corrected chi connectivity index (χ3v) is 15.3. The lowest BCUT2D eigenvalue weighted by Crippen LogP contribution is -2.41. The molecule has 0 spiro atoms. The van der Waals surface area contributed by atoms with Crippen molar-refractivity contribution >= 4 is 21.7 Å². The van der Waals surface area contributed by atoms with Gasteiger partial charge in [-0.05, 0) is 44.3 Å². The highest BCUT2D eigenvalue weighted by molar-refractivity contribution is 7.54. The molecule has 14 heteroatoms. The Labute approximate surface area is 232 Å². The first kappa shape index (κ1) is 34.1. The summed E-state index contributed by atoms with van der Waals surface area (Å²) in [5.41, 5.74) is 4.38. The number of aromatic nitrogens is 2. The second kappa shape index (κ2) is 12.0. The lowest BCUT2D eigenvalue weighted by Gasteiger charge is -2.38. The van der Waals surface area contributed by atoms with Gasteiger partial charge in [-0.1, -0.05) is 41.5 Å². The minimum absolute atomic E-state index is 0.00420. The van der Waals surface area contributed by atoms with Crippen molar-refractivity contribution in [2.75, 3.05) is 5.73 Å². The summed E-state index contributed by atoms with van der Waals surface area (Å²) >= 11 is 0. The van der Waals surface area contributed by atoms with Gasteiger partial charge >= 0.3 is 13.3 Å². The number of nitrogen functional groups attached to an aromatic ring is 1. The van der Waals surface area contributed by atoms with Crippen molar-refractivity contribution in [2.24, 2.45) is 0 Å². The van der Waals surface area contributed by atoms with Crippen LogP contribution >= 0.6 is 7.60 Å². The third-order valence-electron chi connectivity index (χ3n) is 8.45. The van der Waals surface area contributed by atoms with E-state index in [0.29, 0.717) is 5.56 Å². The fourth-order valence-corrected chi connectivity index (χ4v) is 6.84. The Kier molecular flexibility index (Phi) is 10.5. The molecule has 6 N–H and O–H groups in total. The van der Waals surface area contributed by atoms with E-state index < -0.39 is 57.1 Å². The van der Waals surface area contributed by atoms with E-state index in [0.717, 1.165) is 4.57 Å². The normalized spacial score (nSPS) is 25.9. The largest absolute Gasteiger partial charge is 0.412 e. The molecule has 0 amide bonds. The highest BCUT2D eigenvalue weighted by atomic mass is 31.2. The van der Waals surface area contributed by atoms with Crippen LogP contribution in [0.4, 0.5) is 5.82 Å². The molecule has 0 aliphatic carbocycles. The highest BCUT2D eigenvalue weighted by Crippen LogP contribution is 2.60. The summed E-state index contributed by atoms with van der Waals surface area (Å²) in [6.45, 7) is 17.0. The van der Waals surface area contributed by atoms with Gasteiger partial charge in [-0.2, -0.15) is 4.98 Å². The lowest BCUT2D eigenvalue weighted by molar-refractivity contribution is -0.0721. The van der Waals surface area contributed by atoms with Crippen LogP contribution < -0.4 is 11.4 Å². The second-order valence-corrected chi connectivity index (χ2v) is 19.1. The first-order valence-corrected chi connectivity index (χ1v) is 17.9. The first-order chi connectivity index (χ1) is 17.7. The number of anilines is 1. The fraction of sp³-hybridized carbons (Fsp3) is 0.840. The van der Waals surface area contributed by atoms with Gasteiger partial charge in [0.2, 0.25) is 0 Å². The molecule has 0 bridgehead atoms. The van der Waals surface area contributed by atoms with Crippen molar-refractivity contribution in [3.05, 3.63) is 22.2 Å². The zero-order chi connectivity index (χ0) is 30.2. The van der Waals surface area contributed by atoms with Crippen molar-refractivity contribution in [1.29, 1.82) is 0 Å². The summed E-state index contributed by atoms with van der Waals surface area (Å²) < 4.78 is 31.9. The Morgan fingerprint density at radius 2 is 1.69 bits per heavy atom. The molecular weight excluding hydrogens is 545 g/mol. The van der Waals surface area contributed by atoms with Gasteiger partial charge < -0.3 is 39.6 Å². The third kappa shape index (κ3) is 7.20. The average molecular weight is 594 g/mol. The molecule has 0 saturated carbocycles. The topological polar surface area (TPSA) is 187 Å². The van der Waals surface area contributed by atoms with Crippen molar-refractivity contribution in [1.82, 2.24) is 9.55 Å². The quantitative estimate of drug-likeness (QED) is 0.177. The van der Waals surface area contributed by atoms with E-state index in [1.54, 1.807) is 27.7 Å². The minimum atomic E-state index is -4.51. The number of nitrogens with two attached hydrogens (primary N) is 1. The molecule has 1 aromatic heterocycles. The van der Waals surface area contributed by atoms with Crippen LogP contribution in [0, 0.1) is 0 Å². The molecule has 1 unspecified atom stereocenters. The van der Waals surface area contributed by atoms with Crippen LogP contribution in [0.5, 0.6) is 0 Å². The van der Waals surface area contributed by atoms with Crippen LogP contribution in [0.15, 0.2) is 11.0 Å². The summed E-state index contributed by atoms with van der Waals surface area (Å²) in [4.78, 5) is 27.3. The Balaban J connectivity index is 2.31. The molecule has 39 heavy (non-hydrogen) atoms. The summed E-state index contributed by atoms with van der Waals surface area (Å²) in [6.07, 6.45) is -3.69. The van der Waals surface area contributed by atoms with Gasteiger partial charge in [-0.25, -0.2) is 4.79 Å². The van der Waals surface area contributed by atoms with Crippen LogP contribution in [0.25, 0.3) is 0 Å². The van der Waals surface area contributed by atoms with Gasteiger partial charge in [0.05, 0.1) is 18.3 Å². The predicted molar refractivity (Wildman–Crippen MR) is 151 cm³/mol. The van der Waals surface area contributed by atoms with Crippen LogP contribution in [0.2, 0.25) is 18.1 Å². The monoisotopic (exact) mass is 593 g/mol. The molecule has 6 atom stereocenters. The Morgan fingerprint density at radius 3 is 2.18 bits per heavy atom. The standard InChI is InChI=1S/C25H48N3O9PSi/c1-10-24(7,37-38(33,34)25(32,11-2)12-3)13-17-18(29)19(30)21(36-17)28-14-16(20(26)27-22(28)31)15-35-39(8,9)23(4,5)6/h14,17-19,21,29-30,32H,10-13,15H2,1-9H3,(H,33,34)(H2,26,27,31)/t17-,18-,19-,21-,24-/m1/s1. The molecule has 1 aliphatic heterocycles. The molecule has 0 radical (unpaired) electrons. The number of aliphatic hydroxyl groups excluding tert-OH is 2. The molecule has 1 fully saturated rings. The number of aliphatic hydroxyl groups is 3. The molecule has 1 aliphatic rings. The van der Waals surface area contributed by atoms with E-state index in [2.05, 4.69) is 38.8 Å². The second-order valence-electron chi connectivity index (χ2n) is 12.2. The first-order valence-electron chi connectivity index (χ1n) is 13.5. The van der Waals surface area contributed by atoms with E-state index in [9.17, 15) is 29.6 Å². The van der Waals surface area contributed by atoms with Crippen LogP contribution in [-0.4, -0.2) is 67.3 Å². The van der Waals surface area contributed by atoms with E-state index in [-0.39, 0.29) is 43.1 Å². The Morgan fingerprint density at radius 1 is 1.13 bits per heavy atom. The van der Waals surface area contributed by atoms with E-state index in [1.165, 1.54) is 6.20 Å². The molecular formula is C25H48N3O9PSi. The van der Waals surface area contributed by atoms with Gasteiger partial charge in [0.1, 0.15) is 18.0 Å². The molecule has 0 aromatic carbocycles. The predicted octanol–water partition coefficient (Wildman–Crippen LogP) is 3.24. The van der Waals surface area contributed by atoms with Gasteiger partial charge in [-0.15, -0.1) is 0 Å². The van der Waals surface area contributed by atoms with E-state index >= 15 is 0 Å². The molecule has 1 aromatic rings. The number of ether oxygens (including phenoxy) is 1. The number of hydrogen-bond donors (Lipinski definition) is 5. The lowest BCUT2D eigenvalue weighted by atomic mass is 9.93. The number of nitrogens with zero attached hydrogens (tertiary/aromatic N) is 2. The molecule has 226 valence electrons. The van der Waals surface area contributed by atoms with Gasteiger partial charge in [-0.3, -0.25) is 9.13 Å². The van der Waals surface area contributed by atoms with Crippen molar-refractivity contribution in [2.45, 2.75) is 134 Å². The van der Waals surface area contributed by atoms with Crippen molar-refractivity contribution in [3.8, 4) is 0 Å². The van der Waals surface area contributed by atoms with Gasteiger partial charge in [0.15, 0.2) is 19.9 Å². The number of rotatable bonds is 12. The maximum atomic E-state index is 13.0. The van der Waals surface area contributed by atoms with Crippen molar-refractivity contribution in [3.63, 3.8) is 0 Å². The van der Waals surface area contributed by atoms with Crippen LogP contribution in [0.3, 0.4) is 0 Å². The van der Waals surface area contributed by atoms with Crippen LogP contribution in [-0.2, 0) is 24.9 Å². The van der Waals surface area contributed by atoms with Gasteiger partial charge in [0, 0.05) is 18.2 Å². The van der Waals surface area contributed by atoms with E-state index in [4.69, 9.17) is 19.4 Å². The highest BCUT2D eigenvalue weighted by Gasteiger charge is 2.52. The maximum absolute atomic E-state index is 13.0. The summed E-state index contributed by atoms with van der Waals surface area (Å²) in [6, 6.07) is 0. The molecule has 2 rings (SSSR count). The van der Waals surface area contributed by atoms with Crippen LogP contribution in [0.1, 0.15) is 85.9 Å². The summed E-state index contributed by atoms with van der Waals surface area (Å²) in [7, 11) is -6.65. The van der Waals surface area contributed by atoms with Crippen molar-refractivity contribution < 1.29 is 38.5 Å². The zero-order valence-electron chi connectivity index (χ0n) is 24.7. The molecule has 12 nitrogen and oxygen atoms in total. The Hall–Kier alpha value is -1.15. The Bertz CT molecular complexity index is 1110. The summed E-state index contributed by atoms with van der Waals surface area (Å²) in [5.74, 6) is 0.00420.